The standard InChI is InChI=1S/C13H18ClNO2.ClH/c1-16-12-3-2-10(14)8-11(12)13(9-15)4-6-17-7-5-13;/h2-3,8H,4-7,9,15H2,1H3;1H. The van der Waals surface area contributed by atoms with Crippen LogP contribution < -0.4 is 10.5 Å². The lowest BCUT2D eigenvalue weighted by atomic mass is 9.74. The maximum atomic E-state index is 6.08. The number of ether oxygens (including phenoxy) is 2. The molecule has 0 amide bonds. The summed E-state index contributed by atoms with van der Waals surface area (Å²) in [5.41, 5.74) is 7.04. The van der Waals surface area contributed by atoms with Crippen LogP contribution in [0.4, 0.5) is 0 Å². The van der Waals surface area contributed by atoms with Crippen molar-refractivity contribution in [3.05, 3.63) is 28.8 Å². The van der Waals surface area contributed by atoms with Gasteiger partial charge in [0.05, 0.1) is 7.11 Å². The first-order chi connectivity index (χ1) is 8.22. The summed E-state index contributed by atoms with van der Waals surface area (Å²) in [6.45, 7) is 2.08. The van der Waals surface area contributed by atoms with Gasteiger partial charge >= 0.3 is 0 Å². The molecule has 1 heterocycles. The van der Waals surface area contributed by atoms with E-state index in [0.717, 1.165) is 42.4 Å². The molecule has 0 unspecified atom stereocenters. The average molecular weight is 292 g/mol. The first-order valence-electron chi connectivity index (χ1n) is 5.84. The molecule has 1 aliphatic rings. The van der Waals surface area contributed by atoms with E-state index < -0.39 is 0 Å². The average Bonchev–Trinajstić information content (AvgIpc) is 2.39. The molecule has 3 nitrogen and oxygen atoms in total. The zero-order valence-corrected chi connectivity index (χ0v) is 12.0. The summed E-state index contributed by atoms with van der Waals surface area (Å²) in [5, 5.41) is 0.722. The van der Waals surface area contributed by atoms with Crippen molar-refractivity contribution >= 4 is 24.0 Å². The van der Waals surface area contributed by atoms with Crippen LogP contribution in [0.15, 0.2) is 18.2 Å². The van der Waals surface area contributed by atoms with Crippen molar-refractivity contribution in [1.82, 2.24) is 0 Å². The highest BCUT2D eigenvalue weighted by atomic mass is 35.5. The molecule has 102 valence electrons. The normalized spacial score (nSPS) is 17.9. The lowest BCUT2D eigenvalue weighted by Gasteiger charge is -2.37. The first-order valence-corrected chi connectivity index (χ1v) is 6.21. The van der Waals surface area contributed by atoms with E-state index in [1.807, 2.05) is 18.2 Å². The smallest absolute Gasteiger partial charge is 0.122 e. The second kappa shape index (κ2) is 6.62. The number of benzene rings is 1. The molecule has 2 rings (SSSR count). The Bertz CT molecular complexity index is 393. The van der Waals surface area contributed by atoms with Crippen molar-refractivity contribution in [1.29, 1.82) is 0 Å². The summed E-state index contributed by atoms with van der Waals surface area (Å²) < 4.78 is 10.8. The van der Waals surface area contributed by atoms with Gasteiger partial charge in [0.15, 0.2) is 0 Å². The Labute approximate surface area is 119 Å². The molecule has 18 heavy (non-hydrogen) atoms. The molecule has 0 bridgehead atoms. The van der Waals surface area contributed by atoms with Gasteiger partial charge in [-0.2, -0.15) is 0 Å². The predicted octanol–water partition coefficient (Wildman–Crippen LogP) is 2.78. The van der Waals surface area contributed by atoms with Gasteiger partial charge in [0, 0.05) is 35.8 Å². The van der Waals surface area contributed by atoms with Crippen LogP contribution in [0, 0.1) is 0 Å². The Morgan fingerprint density at radius 1 is 1.39 bits per heavy atom. The molecular weight excluding hydrogens is 273 g/mol. The summed E-state index contributed by atoms with van der Waals surface area (Å²) in [6.07, 6.45) is 1.83. The summed E-state index contributed by atoms with van der Waals surface area (Å²) in [6, 6.07) is 5.72. The van der Waals surface area contributed by atoms with Crippen molar-refractivity contribution in [3.63, 3.8) is 0 Å². The molecule has 1 saturated heterocycles. The third-order valence-corrected chi connectivity index (χ3v) is 3.81. The van der Waals surface area contributed by atoms with Crippen LogP contribution in [0.1, 0.15) is 18.4 Å². The molecule has 0 spiro atoms. The molecule has 0 atom stereocenters. The third kappa shape index (κ3) is 2.91. The molecule has 1 aromatic carbocycles. The minimum absolute atomic E-state index is 0. The number of halogens is 2. The van der Waals surface area contributed by atoms with Gasteiger partial charge < -0.3 is 15.2 Å². The third-order valence-electron chi connectivity index (χ3n) is 3.57. The molecule has 0 radical (unpaired) electrons. The minimum Gasteiger partial charge on any atom is -0.496 e. The Hall–Kier alpha value is -0.480. The highest BCUT2D eigenvalue weighted by Gasteiger charge is 2.35. The summed E-state index contributed by atoms with van der Waals surface area (Å²) in [4.78, 5) is 0. The fraction of sp³-hybridized carbons (Fsp3) is 0.538. The second-order valence-corrected chi connectivity index (χ2v) is 4.88. The van der Waals surface area contributed by atoms with Crippen molar-refractivity contribution in [2.24, 2.45) is 5.73 Å². The van der Waals surface area contributed by atoms with Gasteiger partial charge in [-0.25, -0.2) is 0 Å². The molecular formula is C13H19Cl2NO2. The topological polar surface area (TPSA) is 44.5 Å². The van der Waals surface area contributed by atoms with Gasteiger partial charge in [-0.3, -0.25) is 0 Å². The highest BCUT2D eigenvalue weighted by Crippen LogP contribution is 2.40. The quantitative estimate of drug-likeness (QED) is 0.931. The maximum absolute atomic E-state index is 6.08. The monoisotopic (exact) mass is 291 g/mol. The SMILES string of the molecule is COc1ccc(Cl)cc1C1(CN)CCOCC1.Cl. The minimum atomic E-state index is -0.0610. The fourth-order valence-electron chi connectivity index (χ4n) is 2.44. The molecule has 0 saturated carbocycles. The molecule has 1 aliphatic heterocycles. The van der Waals surface area contributed by atoms with E-state index in [4.69, 9.17) is 26.8 Å². The number of methoxy groups -OCH3 is 1. The van der Waals surface area contributed by atoms with Crippen LogP contribution in [0.3, 0.4) is 0 Å². The van der Waals surface area contributed by atoms with Gasteiger partial charge in [-0.1, -0.05) is 11.6 Å². The number of rotatable bonds is 3. The number of hydrogen-bond donors (Lipinski definition) is 1. The van der Waals surface area contributed by atoms with E-state index in [2.05, 4.69) is 0 Å². The summed E-state index contributed by atoms with van der Waals surface area (Å²) in [5.74, 6) is 0.863. The second-order valence-electron chi connectivity index (χ2n) is 4.44. The molecule has 1 aromatic rings. The number of hydrogen-bond acceptors (Lipinski definition) is 3. The zero-order chi connectivity index (χ0) is 12.3. The Kier molecular flexibility index (Phi) is 5.73. The van der Waals surface area contributed by atoms with Crippen LogP contribution in [-0.4, -0.2) is 26.9 Å². The predicted molar refractivity (Wildman–Crippen MR) is 76.0 cm³/mol. The van der Waals surface area contributed by atoms with E-state index in [1.54, 1.807) is 7.11 Å². The van der Waals surface area contributed by atoms with Crippen LogP contribution >= 0.6 is 24.0 Å². The molecule has 0 aliphatic carbocycles. The molecule has 1 fully saturated rings. The van der Waals surface area contributed by atoms with Gasteiger partial charge in [-0.15, -0.1) is 12.4 Å². The Balaban J connectivity index is 0.00000162. The van der Waals surface area contributed by atoms with E-state index in [9.17, 15) is 0 Å². The first kappa shape index (κ1) is 15.6. The number of nitrogens with two attached hydrogens (primary N) is 1. The van der Waals surface area contributed by atoms with Gasteiger partial charge in [-0.05, 0) is 31.0 Å². The summed E-state index contributed by atoms with van der Waals surface area (Å²) in [7, 11) is 1.68. The van der Waals surface area contributed by atoms with E-state index >= 15 is 0 Å². The fourth-order valence-corrected chi connectivity index (χ4v) is 2.61. The van der Waals surface area contributed by atoms with E-state index in [0.29, 0.717) is 6.54 Å². The largest absolute Gasteiger partial charge is 0.496 e. The van der Waals surface area contributed by atoms with Crippen molar-refractivity contribution in [2.75, 3.05) is 26.9 Å². The maximum Gasteiger partial charge on any atom is 0.122 e. The van der Waals surface area contributed by atoms with Crippen molar-refractivity contribution in [2.45, 2.75) is 18.3 Å². The van der Waals surface area contributed by atoms with E-state index in [1.165, 1.54) is 0 Å². The van der Waals surface area contributed by atoms with Crippen molar-refractivity contribution < 1.29 is 9.47 Å². The van der Waals surface area contributed by atoms with Crippen LogP contribution in [-0.2, 0) is 10.2 Å². The Morgan fingerprint density at radius 3 is 2.61 bits per heavy atom. The molecule has 2 N–H and O–H groups in total. The van der Waals surface area contributed by atoms with Gasteiger partial charge in [0.1, 0.15) is 5.75 Å². The highest BCUT2D eigenvalue weighted by molar-refractivity contribution is 6.30. The van der Waals surface area contributed by atoms with Gasteiger partial charge in [0.2, 0.25) is 0 Å². The molecule has 5 heteroatoms. The lowest BCUT2D eigenvalue weighted by Crippen LogP contribution is -2.40. The Morgan fingerprint density at radius 2 is 2.06 bits per heavy atom. The van der Waals surface area contributed by atoms with Crippen molar-refractivity contribution in [3.8, 4) is 5.75 Å². The lowest BCUT2D eigenvalue weighted by molar-refractivity contribution is 0.0521. The van der Waals surface area contributed by atoms with Crippen LogP contribution in [0.5, 0.6) is 5.75 Å². The summed E-state index contributed by atoms with van der Waals surface area (Å²) >= 11 is 6.08. The van der Waals surface area contributed by atoms with Crippen LogP contribution in [0.25, 0.3) is 0 Å². The molecule has 0 aromatic heterocycles. The van der Waals surface area contributed by atoms with E-state index in [-0.39, 0.29) is 17.8 Å². The van der Waals surface area contributed by atoms with Crippen LogP contribution in [0.2, 0.25) is 5.02 Å². The zero-order valence-electron chi connectivity index (χ0n) is 10.4. The van der Waals surface area contributed by atoms with Gasteiger partial charge in [0.25, 0.3) is 0 Å².